The van der Waals surface area contributed by atoms with E-state index in [0.29, 0.717) is 12.5 Å². The smallest absolute Gasteiger partial charge is 0.134 e. The number of rotatable bonds is 6. The summed E-state index contributed by atoms with van der Waals surface area (Å²) in [7, 11) is 3.39. The van der Waals surface area contributed by atoms with Gasteiger partial charge in [-0.3, -0.25) is 0 Å². The van der Waals surface area contributed by atoms with E-state index in [1.807, 2.05) is 30.5 Å². The molecule has 1 aromatic carbocycles. The van der Waals surface area contributed by atoms with Gasteiger partial charge in [-0.2, -0.15) is 0 Å². The van der Waals surface area contributed by atoms with Crippen LogP contribution >= 0.6 is 0 Å². The summed E-state index contributed by atoms with van der Waals surface area (Å²) in [6.07, 6.45) is 1.82. The average molecular weight is 274 g/mol. The van der Waals surface area contributed by atoms with Crippen molar-refractivity contribution in [2.75, 3.05) is 26.1 Å². The molecule has 0 fully saturated rings. The Morgan fingerprint density at radius 1 is 1.20 bits per heavy atom. The number of fused-ring (bicyclic) bond motifs is 1. The van der Waals surface area contributed by atoms with Gasteiger partial charge in [0.25, 0.3) is 0 Å². The normalized spacial score (nSPS) is 12.7. The van der Waals surface area contributed by atoms with Crippen LogP contribution in [0.15, 0.2) is 30.5 Å². The molecule has 0 aliphatic rings. The van der Waals surface area contributed by atoms with E-state index in [1.165, 1.54) is 0 Å². The third kappa shape index (κ3) is 3.20. The Hall–Kier alpha value is -1.81. The number of anilines is 1. The van der Waals surface area contributed by atoms with Crippen molar-refractivity contribution in [3.8, 4) is 5.75 Å². The molecule has 0 saturated heterocycles. The van der Waals surface area contributed by atoms with E-state index in [1.54, 1.807) is 14.2 Å². The minimum absolute atomic E-state index is 0.226. The Labute approximate surface area is 120 Å². The predicted octanol–water partition coefficient (Wildman–Crippen LogP) is 3.33. The molecule has 0 bridgehead atoms. The van der Waals surface area contributed by atoms with E-state index in [-0.39, 0.29) is 6.04 Å². The van der Waals surface area contributed by atoms with Crippen LogP contribution in [0.2, 0.25) is 0 Å². The van der Waals surface area contributed by atoms with Crippen molar-refractivity contribution in [2.45, 2.75) is 19.9 Å². The van der Waals surface area contributed by atoms with E-state index in [9.17, 15) is 0 Å². The van der Waals surface area contributed by atoms with Crippen molar-refractivity contribution in [2.24, 2.45) is 5.92 Å². The fraction of sp³-hybridized carbons (Fsp3) is 0.438. The van der Waals surface area contributed by atoms with Crippen LogP contribution in [-0.4, -0.2) is 31.9 Å². The van der Waals surface area contributed by atoms with Crippen LogP contribution in [-0.2, 0) is 4.74 Å². The number of aromatic nitrogens is 1. The van der Waals surface area contributed by atoms with Crippen molar-refractivity contribution in [3.63, 3.8) is 0 Å². The first-order valence-corrected chi connectivity index (χ1v) is 6.84. The monoisotopic (exact) mass is 274 g/mol. The van der Waals surface area contributed by atoms with Gasteiger partial charge >= 0.3 is 0 Å². The number of nitrogens with zero attached hydrogens (tertiary/aromatic N) is 1. The Morgan fingerprint density at radius 2 is 2.00 bits per heavy atom. The zero-order valence-electron chi connectivity index (χ0n) is 12.5. The largest absolute Gasteiger partial charge is 0.497 e. The average Bonchev–Trinajstić information content (AvgIpc) is 2.46. The summed E-state index contributed by atoms with van der Waals surface area (Å²) in [5, 5.41) is 5.69. The fourth-order valence-electron chi connectivity index (χ4n) is 2.15. The maximum Gasteiger partial charge on any atom is 0.134 e. The van der Waals surface area contributed by atoms with Gasteiger partial charge in [0.15, 0.2) is 0 Å². The fourth-order valence-corrected chi connectivity index (χ4v) is 2.15. The third-order valence-electron chi connectivity index (χ3n) is 3.45. The zero-order chi connectivity index (χ0) is 14.5. The standard InChI is InChI=1S/C16H22N2O2/c1-11(2)15(10-19-3)18-16-14-9-13(20-4)6-5-12(14)7-8-17-16/h5-9,11,15H,10H2,1-4H3,(H,17,18). The minimum atomic E-state index is 0.226. The van der Waals surface area contributed by atoms with Crippen LogP contribution in [0, 0.1) is 5.92 Å². The first kappa shape index (κ1) is 14.6. The van der Waals surface area contributed by atoms with Gasteiger partial charge in [0, 0.05) is 18.7 Å². The lowest BCUT2D eigenvalue weighted by atomic mass is 10.0. The van der Waals surface area contributed by atoms with Crippen LogP contribution < -0.4 is 10.1 Å². The molecular formula is C16H22N2O2. The lowest BCUT2D eigenvalue weighted by Gasteiger charge is -2.23. The lowest BCUT2D eigenvalue weighted by molar-refractivity contribution is 0.171. The van der Waals surface area contributed by atoms with E-state index < -0.39 is 0 Å². The van der Waals surface area contributed by atoms with Gasteiger partial charge in [-0.15, -0.1) is 0 Å². The van der Waals surface area contributed by atoms with Crippen molar-refractivity contribution < 1.29 is 9.47 Å². The van der Waals surface area contributed by atoms with E-state index in [2.05, 4.69) is 24.1 Å². The number of benzene rings is 1. The summed E-state index contributed by atoms with van der Waals surface area (Å²) in [6.45, 7) is 4.99. The first-order chi connectivity index (χ1) is 9.65. The van der Waals surface area contributed by atoms with Gasteiger partial charge in [-0.05, 0) is 29.5 Å². The molecule has 1 heterocycles. The highest BCUT2D eigenvalue weighted by molar-refractivity contribution is 5.92. The molecular weight excluding hydrogens is 252 g/mol. The first-order valence-electron chi connectivity index (χ1n) is 6.84. The Kier molecular flexibility index (Phi) is 4.79. The second kappa shape index (κ2) is 6.57. The molecule has 4 heteroatoms. The summed E-state index contributed by atoms with van der Waals surface area (Å²) in [6, 6.07) is 8.24. The lowest BCUT2D eigenvalue weighted by Crippen LogP contribution is -2.30. The van der Waals surface area contributed by atoms with Crippen molar-refractivity contribution >= 4 is 16.6 Å². The molecule has 1 N–H and O–H groups in total. The minimum Gasteiger partial charge on any atom is -0.497 e. The van der Waals surface area contributed by atoms with E-state index >= 15 is 0 Å². The summed E-state index contributed by atoms with van der Waals surface area (Å²) in [5.74, 6) is 2.16. The Morgan fingerprint density at radius 3 is 2.65 bits per heavy atom. The topological polar surface area (TPSA) is 43.4 Å². The number of pyridine rings is 1. The molecule has 0 aliphatic carbocycles. The SMILES string of the molecule is COCC(Nc1nccc2ccc(OC)cc12)C(C)C. The van der Waals surface area contributed by atoms with Gasteiger partial charge in [0.05, 0.1) is 19.8 Å². The van der Waals surface area contributed by atoms with Gasteiger partial charge in [-0.1, -0.05) is 19.9 Å². The Bertz CT molecular complexity index is 569. The molecule has 1 unspecified atom stereocenters. The molecule has 2 rings (SSSR count). The molecule has 108 valence electrons. The molecule has 0 saturated carbocycles. The summed E-state index contributed by atoms with van der Waals surface area (Å²) in [4.78, 5) is 4.46. The molecule has 0 radical (unpaired) electrons. The zero-order valence-corrected chi connectivity index (χ0v) is 12.5. The molecule has 2 aromatic rings. The van der Waals surface area contributed by atoms with Crippen LogP contribution in [0.3, 0.4) is 0 Å². The van der Waals surface area contributed by atoms with Gasteiger partial charge < -0.3 is 14.8 Å². The van der Waals surface area contributed by atoms with Crippen molar-refractivity contribution in [3.05, 3.63) is 30.5 Å². The highest BCUT2D eigenvalue weighted by Gasteiger charge is 2.15. The van der Waals surface area contributed by atoms with E-state index in [0.717, 1.165) is 22.3 Å². The molecule has 1 aromatic heterocycles. The molecule has 0 amide bonds. The van der Waals surface area contributed by atoms with Gasteiger partial charge in [-0.25, -0.2) is 4.98 Å². The molecule has 0 aliphatic heterocycles. The van der Waals surface area contributed by atoms with Crippen LogP contribution in [0.4, 0.5) is 5.82 Å². The Balaban J connectivity index is 2.37. The van der Waals surface area contributed by atoms with E-state index in [4.69, 9.17) is 9.47 Å². The molecule has 4 nitrogen and oxygen atoms in total. The second-order valence-corrected chi connectivity index (χ2v) is 5.20. The number of hydrogen-bond donors (Lipinski definition) is 1. The van der Waals surface area contributed by atoms with Crippen LogP contribution in [0.5, 0.6) is 5.75 Å². The second-order valence-electron chi connectivity index (χ2n) is 5.20. The predicted molar refractivity (Wildman–Crippen MR) is 82.4 cm³/mol. The van der Waals surface area contributed by atoms with Gasteiger partial charge in [0.1, 0.15) is 11.6 Å². The molecule has 0 spiro atoms. The summed E-state index contributed by atoms with van der Waals surface area (Å²) in [5.41, 5.74) is 0. The third-order valence-corrected chi connectivity index (χ3v) is 3.45. The molecule has 20 heavy (non-hydrogen) atoms. The highest BCUT2D eigenvalue weighted by atomic mass is 16.5. The number of ether oxygens (including phenoxy) is 2. The summed E-state index contributed by atoms with van der Waals surface area (Å²) >= 11 is 0. The maximum absolute atomic E-state index is 5.30. The number of nitrogens with one attached hydrogen (secondary N) is 1. The quantitative estimate of drug-likeness (QED) is 0.877. The van der Waals surface area contributed by atoms with Crippen molar-refractivity contribution in [1.29, 1.82) is 0 Å². The van der Waals surface area contributed by atoms with Crippen LogP contribution in [0.1, 0.15) is 13.8 Å². The number of methoxy groups -OCH3 is 2. The maximum atomic E-state index is 5.30. The highest BCUT2D eigenvalue weighted by Crippen LogP contribution is 2.26. The summed E-state index contributed by atoms with van der Waals surface area (Å²) < 4.78 is 10.6. The van der Waals surface area contributed by atoms with Crippen LogP contribution in [0.25, 0.3) is 10.8 Å². The van der Waals surface area contributed by atoms with Gasteiger partial charge in [0.2, 0.25) is 0 Å². The molecule has 1 atom stereocenters. The number of hydrogen-bond acceptors (Lipinski definition) is 4. The van der Waals surface area contributed by atoms with Crippen molar-refractivity contribution in [1.82, 2.24) is 4.98 Å².